The van der Waals surface area contributed by atoms with Gasteiger partial charge in [-0.15, -0.1) is 0 Å². The fraction of sp³-hybridized carbons (Fsp3) is 0.823. The van der Waals surface area contributed by atoms with Gasteiger partial charge < -0.3 is 19.5 Å². The highest BCUT2D eigenvalue weighted by atomic mass is 16.5. The van der Waals surface area contributed by atoms with E-state index in [4.69, 9.17) is 9.47 Å². The fourth-order valence-corrected chi connectivity index (χ4v) is 9.39. The summed E-state index contributed by atoms with van der Waals surface area (Å²) in [5.41, 5.74) is 0. The molecule has 8 nitrogen and oxygen atoms in total. The molecule has 0 aromatic heterocycles. The summed E-state index contributed by atoms with van der Waals surface area (Å²) >= 11 is 0. The maximum atomic E-state index is 14.1. The number of Topliss-reactive ketones (excluding diaryl/α,β-unsaturated/α-hetero) is 1. The van der Waals surface area contributed by atoms with Gasteiger partial charge >= 0.3 is 11.9 Å². The Morgan fingerprint density at radius 2 is 0.971 bits per heavy atom. The van der Waals surface area contributed by atoms with Crippen molar-refractivity contribution in [1.82, 2.24) is 9.80 Å². The SMILES string of the molecule is CCCCC/C=C\CCCC(=O)C(CC/C=C\CCCCC)C(CCC/C=C\CCCCC)OC(=O)CCCCCN(CCCCCC(=O)OCCC/C=C/CCCCC)CCN(CCO)C1CCC1. The maximum Gasteiger partial charge on any atom is 0.306 e. The molecule has 2 atom stereocenters. The summed E-state index contributed by atoms with van der Waals surface area (Å²) in [7, 11) is 0. The smallest absolute Gasteiger partial charge is 0.306 e. The van der Waals surface area contributed by atoms with Gasteiger partial charge in [-0.1, -0.05) is 147 Å². The van der Waals surface area contributed by atoms with Crippen LogP contribution in [0.4, 0.5) is 0 Å². The first kappa shape index (κ1) is 65.5. The van der Waals surface area contributed by atoms with Crippen LogP contribution < -0.4 is 0 Å². The third-order valence-corrected chi connectivity index (χ3v) is 14.2. The highest BCUT2D eigenvalue weighted by molar-refractivity contribution is 5.82. The molecule has 1 aliphatic carbocycles. The van der Waals surface area contributed by atoms with Crippen LogP contribution >= 0.6 is 0 Å². The highest BCUT2D eigenvalue weighted by Crippen LogP contribution is 2.26. The van der Waals surface area contributed by atoms with E-state index in [1.54, 1.807) is 0 Å². The molecule has 1 aliphatic rings. The largest absolute Gasteiger partial charge is 0.466 e. The molecular formula is C62H112N2O6. The fourth-order valence-electron chi connectivity index (χ4n) is 9.39. The molecule has 1 saturated carbocycles. The first-order chi connectivity index (χ1) is 34.4. The van der Waals surface area contributed by atoms with Gasteiger partial charge in [0.05, 0.1) is 19.1 Å². The number of allylic oxidation sites excluding steroid dienone is 8. The minimum Gasteiger partial charge on any atom is -0.466 e. The zero-order valence-corrected chi connectivity index (χ0v) is 46.3. The Bertz CT molecular complexity index is 1320. The van der Waals surface area contributed by atoms with Crippen LogP contribution in [-0.4, -0.2) is 90.7 Å². The normalized spacial score (nSPS) is 14.3. The van der Waals surface area contributed by atoms with E-state index in [0.717, 1.165) is 155 Å². The summed E-state index contributed by atoms with van der Waals surface area (Å²) in [6.07, 6.45) is 55.5. The van der Waals surface area contributed by atoms with Crippen molar-refractivity contribution in [2.75, 3.05) is 45.9 Å². The Morgan fingerprint density at radius 3 is 1.47 bits per heavy atom. The summed E-state index contributed by atoms with van der Waals surface area (Å²) in [5, 5.41) is 9.80. The first-order valence-electron chi connectivity index (χ1n) is 29.9. The highest BCUT2D eigenvalue weighted by Gasteiger charge is 2.30. The van der Waals surface area contributed by atoms with E-state index in [1.165, 1.54) is 96.3 Å². The molecule has 2 unspecified atom stereocenters. The van der Waals surface area contributed by atoms with Crippen LogP contribution in [0.1, 0.15) is 265 Å². The average Bonchev–Trinajstić information content (AvgIpc) is 3.33. The van der Waals surface area contributed by atoms with E-state index in [9.17, 15) is 19.5 Å². The number of ether oxygens (including phenoxy) is 2. The molecule has 1 rings (SSSR count). The number of aliphatic hydroxyl groups excluding tert-OH is 1. The first-order valence-corrected chi connectivity index (χ1v) is 29.9. The molecule has 8 heteroatoms. The van der Waals surface area contributed by atoms with Gasteiger partial charge in [-0.3, -0.25) is 19.3 Å². The zero-order valence-electron chi connectivity index (χ0n) is 46.3. The van der Waals surface area contributed by atoms with Crippen LogP contribution in [-0.2, 0) is 23.9 Å². The summed E-state index contributed by atoms with van der Waals surface area (Å²) in [6, 6.07) is 0.591. The van der Waals surface area contributed by atoms with E-state index < -0.39 is 0 Å². The lowest BCUT2D eigenvalue weighted by Crippen LogP contribution is -2.45. The summed E-state index contributed by atoms with van der Waals surface area (Å²) < 4.78 is 11.9. The van der Waals surface area contributed by atoms with Crippen molar-refractivity contribution < 1.29 is 29.0 Å². The number of hydrogen-bond acceptors (Lipinski definition) is 8. The number of rotatable bonds is 52. The Hall–Kier alpha value is -2.55. The lowest BCUT2D eigenvalue weighted by Gasteiger charge is -2.38. The molecule has 0 radical (unpaired) electrons. The van der Waals surface area contributed by atoms with Crippen molar-refractivity contribution in [2.24, 2.45) is 5.92 Å². The Labute approximate surface area is 432 Å². The average molecular weight is 982 g/mol. The second-order valence-electron chi connectivity index (χ2n) is 20.5. The number of nitrogens with zero attached hydrogens (tertiary/aromatic N) is 2. The number of esters is 2. The van der Waals surface area contributed by atoms with Gasteiger partial charge in [-0.25, -0.2) is 0 Å². The van der Waals surface area contributed by atoms with Gasteiger partial charge in [0.1, 0.15) is 11.9 Å². The molecular weight excluding hydrogens is 869 g/mol. The number of aliphatic hydroxyl groups is 1. The Morgan fingerprint density at radius 1 is 0.486 bits per heavy atom. The monoisotopic (exact) mass is 981 g/mol. The summed E-state index contributed by atoms with van der Waals surface area (Å²) in [5.74, 6) is -0.252. The lowest BCUT2D eigenvalue weighted by atomic mass is 9.86. The lowest BCUT2D eigenvalue weighted by molar-refractivity contribution is -0.154. The summed E-state index contributed by atoms with van der Waals surface area (Å²) in [6.45, 7) is 14.2. The quantitative estimate of drug-likeness (QED) is 0.0366. The van der Waals surface area contributed by atoms with E-state index in [-0.39, 0.29) is 36.4 Å². The van der Waals surface area contributed by atoms with E-state index in [2.05, 4.69) is 86.1 Å². The van der Waals surface area contributed by atoms with Crippen LogP contribution in [0.25, 0.3) is 0 Å². The van der Waals surface area contributed by atoms with E-state index >= 15 is 0 Å². The van der Waals surface area contributed by atoms with E-state index in [1.807, 2.05) is 0 Å². The van der Waals surface area contributed by atoms with Gasteiger partial charge in [0, 0.05) is 44.9 Å². The molecule has 70 heavy (non-hydrogen) atoms. The predicted molar refractivity (Wildman–Crippen MR) is 298 cm³/mol. The van der Waals surface area contributed by atoms with Gasteiger partial charge in [-0.05, 0) is 161 Å². The maximum absolute atomic E-state index is 14.1. The second kappa shape index (κ2) is 50.0. The van der Waals surface area contributed by atoms with Crippen LogP contribution in [0.5, 0.6) is 0 Å². The standard InChI is InChI=1S/C62H112N2O6/c1-5-9-13-17-21-25-29-35-46-59(66)58(45-34-28-24-20-16-12-8-4)60(47-36-30-26-22-18-14-10-6-2)70-62(68)49-38-33-40-51-63(52-53-64(54-55-65)57-43-42-44-57)50-39-32-37-48-61(67)69-56-41-31-27-23-19-15-11-7-3/h21-28,57-58,60,65H,5-20,29-56H2,1-4H3/b25-21-,26-22-,27-23+,28-24-. The van der Waals surface area contributed by atoms with Crippen molar-refractivity contribution in [1.29, 1.82) is 0 Å². The number of carbonyl (C=O) groups is 3. The molecule has 1 fully saturated rings. The Kier molecular flexibility index (Phi) is 46.8. The van der Waals surface area contributed by atoms with Crippen LogP contribution in [0.15, 0.2) is 48.6 Å². The van der Waals surface area contributed by atoms with Gasteiger partial charge in [0.25, 0.3) is 0 Å². The third kappa shape index (κ3) is 39.0. The Balaban J connectivity index is 2.84. The van der Waals surface area contributed by atoms with Crippen LogP contribution in [0.2, 0.25) is 0 Å². The number of unbranched alkanes of at least 4 members (excludes halogenated alkanes) is 19. The molecule has 406 valence electrons. The van der Waals surface area contributed by atoms with Crippen molar-refractivity contribution in [3.63, 3.8) is 0 Å². The second-order valence-corrected chi connectivity index (χ2v) is 20.5. The molecule has 0 aliphatic heterocycles. The van der Waals surface area contributed by atoms with Gasteiger partial charge in [0.15, 0.2) is 0 Å². The minimum absolute atomic E-state index is 0.0806. The molecule has 0 bridgehead atoms. The molecule has 0 aromatic rings. The van der Waals surface area contributed by atoms with Gasteiger partial charge in [0.2, 0.25) is 0 Å². The third-order valence-electron chi connectivity index (χ3n) is 14.2. The number of ketones is 1. The van der Waals surface area contributed by atoms with E-state index in [0.29, 0.717) is 31.9 Å². The molecule has 1 N–H and O–H groups in total. The zero-order chi connectivity index (χ0) is 50.8. The summed E-state index contributed by atoms with van der Waals surface area (Å²) in [4.78, 5) is 45.2. The number of hydrogen-bond donors (Lipinski definition) is 1. The van der Waals surface area contributed by atoms with Crippen molar-refractivity contribution in [3.05, 3.63) is 48.6 Å². The molecule has 0 aromatic carbocycles. The molecule has 0 saturated heterocycles. The van der Waals surface area contributed by atoms with Crippen LogP contribution in [0, 0.1) is 5.92 Å². The minimum atomic E-state index is -0.381. The molecule has 0 heterocycles. The topological polar surface area (TPSA) is 96.4 Å². The molecule has 0 amide bonds. The molecule has 0 spiro atoms. The van der Waals surface area contributed by atoms with Crippen molar-refractivity contribution in [3.8, 4) is 0 Å². The van der Waals surface area contributed by atoms with Crippen LogP contribution in [0.3, 0.4) is 0 Å². The number of carbonyl (C=O) groups excluding carboxylic acids is 3. The van der Waals surface area contributed by atoms with Crippen molar-refractivity contribution in [2.45, 2.75) is 277 Å². The van der Waals surface area contributed by atoms with Crippen molar-refractivity contribution >= 4 is 17.7 Å². The van der Waals surface area contributed by atoms with Gasteiger partial charge in [-0.2, -0.15) is 0 Å². The predicted octanol–water partition coefficient (Wildman–Crippen LogP) is 16.3.